The maximum atomic E-state index is 12.8. The molecule has 1 aliphatic heterocycles. The van der Waals surface area contributed by atoms with Gasteiger partial charge in [0.15, 0.2) is 0 Å². The van der Waals surface area contributed by atoms with Crippen molar-refractivity contribution in [3.63, 3.8) is 0 Å². The predicted molar refractivity (Wildman–Crippen MR) is 103 cm³/mol. The number of nitrogens with zero attached hydrogens (tertiary/aromatic N) is 3. The molecule has 0 aliphatic carbocycles. The van der Waals surface area contributed by atoms with Gasteiger partial charge < -0.3 is 14.5 Å². The van der Waals surface area contributed by atoms with Crippen LogP contribution in [0.3, 0.4) is 0 Å². The van der Waals surface area contributed by atoms with Gasteiger partial charge in [-0.25, -0.2) is 0 Å². The van der Waals surface area contributed by atoms with Crippen LogP contribution in [0.5, 0.6) is 0 Å². The Kier molecular flexibility index (Phi) is 6.01. The highest BCUT2D eigenvalue weighted by Crippen LogP contribution is 2.23. The number of carbonyl (C=O) groups is 1. The average molecular weight is 353 g/mol. The molecule has 2 aromatic rings. The largest absolute Gasteiger partial charge is 0.374 e. The third-order valence-electron chi connectivity index (χ3n) is 4.89. The minimum Gasteiger partial charge on any atom is -0.374 e. The second-order valence-corrected chi connectivity index (χ2v) is 6.74. The Hall–Kier alpha value is -2.24. The molecule has 0 saturated carbocycles. The Balaban J connectivity index is 1.75. The number of piperazine rings is 1. The van der Waals surface area contributed by atoms with Gasteiger partial charge in [0.05, 0.1) is 11.8 Å². The second-order valence-electron chi connectivity index (χ2n) is 6.74. The van der Waals surface area contributed by atoms with E-state index in [0.29, 0.717) is 12.2 Å². The lowest BCUT2D eigenvalue weighted by atomic mass is 10.0. The molecule has 1 aliphatic rings. The zero-order valence-corrected chi connectivity index (χ0v) is 15.8. The van der Waals surface area contributed by atoms with Gasteiger partial charge in [-0.2, -0.15) is 0 Å². The Morgan fingerprint density at radius 2 is 1.85 bits per heavy atom. The van der Waals surface area contributed by atoms with Crippen LogP contribution in [-0.2, 0) is 4.74 Å². The molecule has 1 amide bonds. The minimum atomic E-state index is 0.0761. The van der Waals surface area contributed by atoms with Crippen molar-refractivity contribution in [1.82, 2.24) is 14.8 Å². The molecule has 1 fully saturated rings. The highest BCUT2D eigenvalue weighted by Gasteiger charge is 2.20. The van der Waals surface area contributed by atoms with Crippen molar-refractivity contribution in [2.75, 3.05) is 39.8 Å². The lowest BCUT2D eigenvalue weighted by molar-refractivity contribution is 0.0664. The maximum absolute atomic E-state index is 12.8. The second kappa shape index (κ2) is 8.43. The molecule has 3 rings (SSSR count). The molecule has 2 heterocycles. The molecule has 138 valence electrons. The molecule has 5 nitrogen and oxygen atoms in total. The van der Waals surface area contributed by atoms with Crippen LogP contribution >= 0.6 is 0 Å². The fourth-order valence-electron chi connectivity index (χ4n) is 3.18. The molecule has 1 aromatic heterocycles. The molecule has 0 N–H and O–H groups in total. The molecule has 5 heteroatoms. The molecule has 1 atom stereocenters. The SMILES string of the molecule is CCOC(C)c1ccc(-c2cc(C(=O)N3CCN(C)CC3)ccn2)cc1. The summed E-state index contributed by atoms with van der Waals surface area (Å²) in [5, 5.41) is 0. The zero-order chi connectivity index (χ0) is 18.5. The number of amides is 1. The van der Waals surface area contributed by atoms with Gasteiger partial charge in [-0.15, -0.1) is 0 Å². The van der Waals surface area contributed by atoms with E-state index >= 15 is 0 Å². The Morgan fingerprint density at radius 1 is 1.15 bits per heavy atom. The van der Waals surface area contributed by atoms with Crippen LogP contribution in [0.15, 0.2) is 42.6 Å². The summed E-state index contributed by atoms with van der Waals surface area (Å²) in [4.78, 5) is 21.4. The van der Waals surface area contributed by atoms with Gasteiger partial charge >= 0.3 is 0 Å². The van der Waals surface area contributed by atoms with Gasteiger partial charge in [0.2, 0.25) is 0 Å². The van der Waals surface area contributed by atoms with Crippen molar-refractivity contribution in [2.45, 2.75) is 20.0 Å². The first kappa shape index (κ1) is 18.5. The number of hydrogen-bond donors (Lipinski definition) is 0. The Labute approximate surface area is 155 Å². The summed E-state index contributed by atoms with van der Waals surface area (Å²) in [6.07, 6.45) is 1.79. The van der Waals surface area contributed by atoms with Crippen LogP contribution in [-0.4, -0.2) is 60.5 Å². The predicted octanol–water partition coefficient (Wildman–Crippen LogP) is 3.23. The number of ether oxygens (including phenoxy) is 1. The van der Waals surface area contributed by atoms with E-state index in [1.54, 1.807) is 12.3 Å². The number of carbonyl (C=O) groups excluding carboxylic acids is 1. The van der Waals surface area contributed by atoms with E-state index in [1.807, 2.05) is 36.9 Å². The van der Waals surface area contributed by atoms with Crippen molar-refractivity contribution in [2.24, 2.45) is 0 Å². The summed E-state index contributed by atoms with van der Waals surface area (Å²) in [6.45, 7) is 8.13. The fraction of sp³-hybridized carbons (Fsp3) is 0.429. The van der Waals surface area contributed by atoms with Crippen molar-refractivity contribution in [3.05, 3.63) is 53.7 Å². The molecule has 0 bridgehead atoms. The summed E-state index contributed by atoms with van der Waals surface area (Å²) in [5.74, 6) is 0.0864. The number of hydrogen-bond acceptors (Lipinski definition) is 4. The number of rotatable bonds is 5. The molecular weight excluding hydrogens is 326 g/mol. The molecule has 1 unspecified atom stereocenters. The van der Waals surface area contributed by atoms with Crippen molar-refractivity contribution in [3.8, 4) is 11.3 Å². The molecule has 26 heavy (non-hydrogen) atoms. The third-order valence-corrected chi connectivity index (χ3v) is 4.89. The first-order chi connectivity index (χ1) is 12.6. The van der Waals surface area contributed by atoms with Gasteiger partial charge in [-0.1, -0.05) is 24.3 Å². The van der Waals surface area contributed by atoms with Crippen LogP contribution < -0.4 is 0 Å². The van der Waals surface area contributed by atoms with E-state index in [-0.39, 0.29) is 12.0 Å². The van der Waals surface area contributed by atoms with Gasteiger partial charge in [-0.3, -0.25) is 9.78 Å². The summed E-state index contributed by atoms with van der Waals surface area (Å²) in [6, 6.07) is 11.9. The maximum Gasteiger partial charge on any atom is 0.254 e. The quantitative estimate of drug-likeness (QED) is 0.828. The van der Waals surface area contributed by atoms with Gasteiger partial charge in [-0.05, 0) is 38.6 Å². The normalized spacial score (nSPS) is 16.5. The molecular formula is C21H27N3O2. The number of aromatic nitrogens is 1. The van der Waals surface area contributed by atoms with E-state index in [2.05, 4.69) is 29.1 Å². The monoisotopic (exact) mass is 353 g/mol. The fourth-order valence-corrected chi connectivity index (χ4v) is 3.18. The summed E-state index contributed by atoms with van der Waals surface area (Å²) in [5.41, 5.74) is 3.66. The van der Waals surface area contributed by atoms with Gasteiger partial charge in [0, 0.05) is 50.1 Å². The van der Waals surface area contributed by atoms with Gasteiger partial charge in [0.25, 0.3) is 5.91 Å². The standard InChI is InChI=1S/C21H27N3O2/c1-4-26-16(2)17-5-7-18(8-6-17)20-15-19(9-10-22-20)21(25)24-13-11-23(3)12-14-24/h5-10,15-16H,4,11-14H2,1-3H3. The van der Waals surface area contributed by atoms with Crippen LogP contribution in [0.25, 0.3) is 11.3 Å². The van der Waals surface area contributed by atoms with Crippen LogP contribution in [0.4, 0.5) is 0 Å². The van der Waals surface area contributed by atoms with E-state index in [4.69, 9.17) is 4.74 Å². The van der Waals surface area contributed by atoms with E-state index < -0.39 is 0 Å². The smallest absolute Gasteiger partial charge is 0.254 e. The van der Waals surface area contributed by atoms with E-state index in [9.17, 15) is 4.79 Å². The lowest BCUT2D eigenvalue weighted by Gasteiger charge is -2.32. The first-order valence-electron chi connectivity index (χ1n) is 9.24. The van der Waals surface area contributed by atoms with E-state index in [0.717, 1.165) is 43.0 Å². The average Bonchev–Trinajstić information content (AvgIpc) is 2.68. The molecule has 1 aromatic carbocycles. The van der Waals surface area contributed by atoms with Crippen LogP contribution in [0.1, 0.15) is 35.9 Å². The van der Waals surface area contributed by atoms with Crippen molar-refractivity contribution >= 4 is 5.91 Å². The lowest BCUT2D eigenvalue weighted by Crippen LogP contribution is -2.47. The topological polar surface area (TPSA) is 45.7 Å². The molecule has 1 saturated heterocycles. The summed E-state index contributed by atoms with van der Waals surface area (Å²) < 4.78 is 5.63. The number of likely N-dealkylation sites (N-methyl/N-ethyl adjacent to an activating group) is 1. The van der Waals surface area contributed by atoms with Crippen LogP contribution in [0, 0.1) is 0 Å². The van der Waals surface area contributed by atoms with Crippen molar-refractivity contribution < 1.29 is 9.53 Å². The highest BCUT2D eigenvalue weighted by molar-refractivity contribution is 5.95. The molecule has 0 radical (unpaired) electrons. The summed E-state index contributed by atoms with van der Waals surface area (Å²) >= 11 is 0. The zero-order valence-electron chi connectivity index (χ0n) is 15.8. The first-order valence-corrected chi connectivity index (χ1v) is 9.24. The van der Waals surface area contributed by atoms with Crippen LogP contribution in [0.2, 0.25) is 0 Å². The Bertz CT molecular complexity index is 737. The van der Waals surface area contributed by atoms with Crippen molar-refractivity contribution in [1.29, 1.82) is 0 Å². The number of benzene rings is 1. The van der Waals surface area contributed by atoms with E-state index in [1.165, 1.54) is 0 Å². The Morgan fingerprint density at radius 3 is 2.50 bits per heavy atom. The number of pyridine rings is 1. The third kappa shape index (κ3) is 4.29. The molecule has 0 spiro atoms. The van der Waals surface area contributed by atoms with Gasteiger partial charge in [0.1, 0.15) is 0 Å². The summed E-state index contributed by atoms with van der Waals surface area (Å²) in [7, 11) is 2.09. The minimum absolute atomic E-state index is 0.0761. The highest BCUT2D eigenvalue weighted by atomic mass is 16.5.